The van der Waals surface area contributed by atoms with Crippen LogP contribution in [0, 0.1) is 5.92 Å². The molecule has 1 aliphatic rings. The zero-order valence-corrected chi connectivity index (χ0v) is 10.2. The number of alkyl halides is 6. The van der Waals surface area contributed by atoms with Crippen LogP contribution >= 0.6 is 11.6 Å². The van der Waals surface area contributed by atoms with Gasteiger partial charge in [0, 0.05) is 31.2 Å². The van der Waals surface area contributed by atoms with Gasteiger partial charge in [-0.25, -0.2) is 8.78 Å². The van der Waals surface area contributed by atoms with Gasteiger partial charge < -0.3 is 4.90 Å². The van der Waals surface area contributed by atoms with Crippen molar-refractivity contribution in [1.82, 2.24) is 4.90 Å². The van der Waals surface area contributed by atoms with E-state index in [2.05, 4.69) is 0 Å². The summed E-state index contributed by atoms with van der Waals surface area (Å²) in [7, 11) is 0. The Hall–Kier alpha value is -0.590. The molecule has 0 heterocycles. The third-order valence-corrected chi connectivity index (χ3v) is 2.96. The van der Waals surface area contributed by atoms with Crippen molar-refractivity contribution in [2.24, 2.45) is 5.92 Å². The SMILES string of the molecule is O=C(C1CCC(F)(F)C1)N(CCCl)CC(F)(F)F. The molecule has 1 aliphatic carbocycles. The maximum Gasteiger partial charge on any atom is 0.406 e. The topological polar surface area (TPSA) is 20.3 Å². The molecule has 0 aliphatic heterocycles. The van der Waals surface area contributed by atoms with Crippen molar-refractivity contribution < 1.29 is 26.7 Å². The highest BCUT2D eigenvalue weighted by molar-refractivity contribution is 6.18. The van der Waals surface area contributed by atoms with Crippen LogP contribution < -0.4 is 0 Å². The fourth-order valence-corrected chi connectivity index (χ4v) is 2.21. The first-order chi connectivity index (χ1) is 8.14. The number of carbonyl (C=O) groups is 1. The predicted octanol–water partition coefficient (Wildman–Crippen LogP) is 3.05. The lowest BCUT2D eigenvalue weighted by Gasteiger charge is -2.25. The average Bonchev–Trinajstić information content (AvgIpc) is 2.55. The molecule has 8 heteroatoms. The lowest BCUT2D eigenvalue weighted by molar-refractivity contribution is -0.163. The van der Waals surface area contributed by atoms with Crippen molar-refractivity contribution in [2.45, 2.75) is 31.4 Å². The lowest BCUT2D eigenvalue weighted by Crippen LogP contribution is -2.43. The quantitative estimate of drug-likeness (QED) is 0.576. The summed E-state index contributed by atoms with van der Waals surface area (Å²) >= 11 is 5.32. The zero-order chi connectivity index (χ0) is 14.0. The molecule has 0 aromatic carbocycles. The van der Waals surface area contributed by atoms with E-state index in [1.165, 1.54) is 0 Å². The van der Waals surface area contributed by atoms with Crippen molar-refractivity contribution in [3.8, 4) is 0 Å². The molecule has 1 fully saturated rings. The predicted molar refractivity (Wildman–Crippen MR) is 55.6 cm³/mol. The summed E-state index contributed by atoms with van der Waals surface area (Å²) in [5.41, 5.74) is 0. The van der Waals surface area contributed by atoms with Crippen LogP contribution in [-0.2, 0) is 4.79 Å². The Morgan fingerprint density at radius 3 is 2.39 bits per heavy atom. The Bertz CT molecular complexity index is 307. The number of carbonyl (C=O) groups excluding carboxylic acids is 1. The minimum atomic E-state index is -4.55. The molecule has 0 spiro atoms. The van der Waals surface area contributed by atoms with Gasteiger partial charge in [-0.1, -0.05) is 0 Å². The van der Waals surface area contributed by atoms with Crippen LogP contribution in [-0.4, -0.2) is 41.9 Å². The van der Waals surface area contributed by atoms with Crippen molar-refractivity contribution in [3.63, 3.8) is 0 Å². The second-order valence-corrected chi connectivity index (χ2v) is 4.74. The molecular formula is C10H13ClF5NO. The molecule has 2 nitrogen and oxygen atoms in total. The van der Waals surface area contributed by atoms with E-state index in [1.807, 2.05) is 0 Å². The Morgan fingerprint density at radius 1 is 1.39 bits per heavy atom. The summed E-state index contributed by atoms with van der Waals surface area (Å²) in [6.45, 7) is -1.73. The second-order valence-electron chi connectivity index (χ2n) is 4.36. The molecule has 0 bridgehead atoms. The summed E-state index contributed by atoms with van der Waals surface area (Å²) in [6.07, 6.45) is -5.77. The third-order valence-electron chi connectivity index (χ3n) is 2.79. The van der Waals surface area contributed by atoms with E-state index in [0.717, 1.165) is 0 Å². The number of hydrogen-bond donors (Lipinski definition) is 0. The Kier molecular flexibility index (Phi) is 4.80. The summed E-state index contributed by atoms with van der Waals surface area (Å²) in [5, 5.41) is 0. The van der Waals surface area contributed by atoms with Crippen molar-refractivity contribution in [1.29, 1.82) is 0 Å². The lowest BCUT2D eigenvalue weighted by atomic mass is 10.1. The van der Waals surface area contributed by atoms with Crippen LogP contribution in [0.3, 0.4) is 0 Å². The number of rotatable bonds is 4. The highest BCUT2D eigenvalue weighted by atomic mass is 35.5. The van der Waals surface area contributed by atoms with Crippen LogP contribution in [0.5, 0.6) is 0 Å². The van der Waals surface area contributed by atoms with Crippen molar-refractivity contribution in [2.75, 3.05) is 19.0 Å². The van der Waals surface area contributed by atoms with Crippen molar-refractivity contribution in [3.05, 3.63) is 0 Å². The first-order valence-electron chi connectivity index (χ1n) is 5.44. The van der Waals surface area contributed by atoms with Crippen LogP contribution in [0.1, 0.15) is 19.3 Å². The summed E-state index contributed by atoms with van der Waals surface area (Å²) in [6, 6.07) is 0. The average molecular weight is 294 g/mol. The molecule has 0 saturated heterocycles. The highest BCUT2D eigenvalue weighted by Crippen LogP contribution is 2.39. The van der Waals surface area contributed by atoms with Gasteiger partial charge in [0.1, 0.15) is 6.54 Å². The van der Waals surface area contributed by atoms with Crippen LogP contribution in [0.25, 0.3) is 0 Å². The number of nitrogens with zero attached hydrogens (tertiary/aromatic N) is 1. The highest BCUT2D eigenvalue weighted by Gasteiger charge is 2.45. The molecule has 18 heavy (non-hydrogen) atoms. The van der Waals surface area contributed by atoms with Gasteiger partial charge in [0.15, 0.2) is 0 Å². The van der Waals surface area contributed by atoms with Crippen LogP contribution in [0.2, 0.25) is 0 Å². The van der Waals surface area contributed by atoms with Gasteiger partial charge in [-0.3, -0.25) is 4.79 Å². The first kappa shape index (κ1) is 15.5. The smallest absolute Gasteiger partial charge is 0.332 e. The Labute approximate surface area is 106 Å². The van der Waals surface area contributed by atoms with Gasteiger partial charge in [-0.05, 0) is 6.42 Å². The van der Waals surface area contributed by atoms with Gasteiger partial charge in [0.05, 0.1) is 0 Å². The third kappa shape index (κ3) is 4.59. The number of amides is 1. The Morgan fingerprint density at radius 2 is 2.00 bits per heavy atom. The van der Waals surface area contributed by atoms with E-state index in [0.29, 0.717) is 4.90 Å². The molecule has 106 valence electrons. The van der Waals surface area contributed by atoms with E-state index in [9.17, 15) is 26.7 Å². The molecule has 0 N–H and O–H groups in total. The molecule has 1 atom stereocenters. The monoisotopic (exact) mass is 293 g/mol. The summed E-state index contributed by atoms with van der Waals surface area (Å²) in [5.74, 6) is -5.04. The van der Waals surface area contributed by atoms with Gasteiger partial charge in [0.25, 0.3) is 0 Å². The number of halogens is 6. The summed E-state index contributed by atoms with van der Waals surface area (Å²) < 4.78 is 62.6. The van der Waals surface area contributed by atoms with E-state index in [1.54, 1.807) is 0 Å². The van der Waals surface area contributed by atoms with E-state index in [-0.39, 0.29) is 18.8 Å². The molecule has 0 aromatic rings. The molecule has 0 aromatic heterocycles. The molecular weight excluding hydrogens is 281 g/mol. The first-order valence-corrected chi connectivity index (χ1v) is 5.97. The van der Waals surface area contributed by atoms with Crippen LogP contribution in [0.4, 0.5) is 22.0 Å². The fraction of sp³-hybridized carbons (Fsp3) is 0.900. The normalized spacial score (nSPS) is 23.1. The second kappa shape index (κ2) is 5.59. The van der Waals surface area contributed by atoms with E-state index >= 15 is 0 Å². The maximum absolute atomic E-state index is 12.9. The Balaban J connectivity index is 2.66. The summed E-state index contributed by atoms with van der Waals surface area (Å²) in [4.78, 5) is 12.2. The van der Waals surface area contributed by atoms with Gasteiger partial charge >= 0.3 is 6.18 Å². The van der Waals surface area contributed by atoms with Crippen LogP contribution in [0.15, 0.2) is 0 Å². The molecule has 1 saturated carbocycles. The van der Waals surface area contributed by atoms with E-state index in [4.69, 9.17) is 11.6 Å². The van der Waals surface area contributed by atoms with Gasteiger partial charge in [-0.15, -0.1) is 11.6 Å². The maximum atomic E-state index is 12.9. The van der Waals surface area contributed by atoms with Gasteiger partial charge in [0.2, 0.25) is 11.8 Å². The molecule has 1 unspecified atom stereocenters. The van der Waals surface area contributed by atoms with E-state index < -0.39 is 43.3 Å². The fourth-order valence-electron chi connectivity index (χ4n) is 2.00. The standard InChI is InChI=1S/C10H13ClF5NO/c11-3-4-17(6-10(14,15)16)8(18)7-1-2-9(12,13)5-7/h7H,1-6H2. The minimum Gasteiger partial charge on any atom is -0.332 e. The zero-order valence-electron chi connectivity index (χ0n) is 9.44. The largest absolute Gasteiger partial charge is 0.406 e. The molecule has 1 amide bonds. The molecule has 0 radical (unpaired) electrons. The minimum absolute atomic E-state index is 0.0809. The molecule has 1 rings (SSSR count). The van der Waals surface area contributed by atoms with Crippen molar-refractivity contribution >= 4 is 17.5 Å². The number of hydrogen-bond acceptors (Lipinski definition) is 1. The van der Waals surface area contributed by atoms with Gasteiger partial charge in [-0.2, -0.15) is 13.2 Å².